The average Bonchev–Trinajstić information content (AvgIpc) is 2.92. The average molecular weight is 764 g/mol. The van der Waals surface area contributed by atoms with Gasteiger partial charge in [0.05, 0.1) is 0 Å². The van der Waals surface area contributed by atoms with Gasteiger partial charge in [0, 0.05) is 0 Å². The van der Waals surface area contributed by atoms with E-state index in [9.17, 15) is 0 Å². The fourth-order valence-electron chi connectivity index (χ4n) is 4.69. The van der Waals surface area contributed by atoms with E-state index < -0.39 is 14.6 Å². The Labute approximate surface area is 211 Å². The minimum atomic E-state index is -5.03. The van der Waals surface area contributed by atoms with E-state index in [1.54, 1.807) is 28.4 Å². The molecule has 6 heteroatoms. The summed E-state index contributed by atoms with van der Waals surface area (Å²) in [6, 6.07) is 33.2. The zero-order chi connectivity index (χ0) is 24.2. The van der Waals surface area contributed by atoms with Gasteiger partial charge in [0.15, 0.2) is 0 Å². The number of hydrogen-bond acceptors (Lipinski definition) is 4. The van der Waals surface area contributed by atoms with Crippen LogP contribution in [0, 0.1) is 0 Å². The van der Waals surface area contributed by atoms with Crippen LogP contribution < -0.4 is 32.0 Å². The molecule has 0 spiro atoms. The van der Waals surface area contributed by atoms with E-state index in [1.165, 1.54) is 0 Å². The molecule has 0 aliphatic rings. The molecule has 0 saturated carbocycles. The van der Waals surface area contributed by atoms with Crippen LogP contribution in [0.2, 0.25) is 0 Å². The summed E-state index contributed by atoms with van der Waals surface area (Å²) in [5.74, 6) is 3.30. The molecule has 4 aromatic rings. The van der Waals surface area contributed by atoms with Gasteiger partial charge in [-0.2, -0.15) is 0 Å². The topological polar surface area (TPSA) is 36.9 Å². The fraction of sp³-hybridized carbons (Fsp3) is 0.143. The Bertz CT molecular complexity index is 1110. The summed E-state index contributed by atoms with van der Waals surface area (Å²) in [4.78, 5) is 0. The van der Waals surface area contributed by atoms with Crippen LogP contribution in [0.4, 0.5) is 0 Å². The second kappa shape index (κ2) is 10.1. The molecule has 0 unspecified atom stereocenters. The van der Waals surface area contributed by atoms with Gasteiger partial charge < -0.3 is 0 Å². The summed E-state index contributed by atoms with van der Waals surface area (Å²) >= 11 is -2.27. The van der Waals surface area contributed by atoms with Gasteiger partial charge in [0.1, 0.15) is 0 Å². The Hall–Kier alpha value is -2.31. The van der Waals surface area contributed by atoms with Crippen molar-refractivity contribution >= 4 is 45.7 Å². The molecular weight excluding hydrogens is 736 g/mol. The third-order valence-electron chi connectivity index (χ3n) is 6.15. The van der Waals surface area contributed by atoms with E-state index in [-0.39, 0.29) is 0 Å². The number of para-hydroxylation sites is 4. The number of halogens is 1. The van der Waals surface area contributed by atoms with Gasteiger partial charge in [0.25, 0.3) is 0 Å². The van der Waals surface area contributed by atoms with Crippen LogP contribution in [-0.2, 0) is 0 Å². The van der Waals surface area contributed by atoms with Crippen LogP contribution in [-0.4, -0.2) is 43.0 Å². The second-order valence-corrected chi connectivity index (χ2v) is 40.0. The first kappa shape index (κ1) is 24.8. The first-order valence-corrected chi connectivity index (χ1v) is 27.6. The molecule has 0 aromatic heterocycles. The van der Waals surface area contributed by atoms with Gasteiger partial charge in [0.2, 0.25) is 0 Å². The van der Waals surface area contributed by atoms with E-state index in [0.29, 0.717) is 0 Å². The molecule has 0 radical (unpaired) electrons. The molecule has 0 aliphatic heterocycles. The fourth-order valence-corrected chi connectivity index (χ4v) is 39.4. The molecule has 4 rings (SSSR count). The summed E-state index contributed by atoms with van der Waals surface area (Å²) in [6.45, 7) is 0. The Morgan fingerprint density at radius 2 is 0.618 bits per heavy atom. The van der Waals surface area contributed by atoms with Crippen LogP contribution in [0.15, 0.2) is 97.1 Å². The standard InChI is InChI=1S/4C7H7O.Bi.HI/c4*1-8-7-5-3-2-4-6-7;;/h4*2-5H,1H3;;1H/q;;;;+1;/p-1. The number of benzene rings is 4. The molecule has 0 bridgehead atoms. The number of ether oxygens (including phenoxy) is 4. The molecule has 4 aromatic carbocycles. The minimum absolute atomic E-state index is 0.826. The van der Waals surface area contributed by atoms with Gasteiger partial charge in [-0.05, 0) is 0 Å². The maximum atomic E-state index is 6.03. The van der Waals surface area contributed by atoms with Crippen molar-refractivity contribution in [2.24, 2.45) is 0 Å². The SMILES string of the molecule is COc1cccc[c]1[Bi]([I])([c]1ccccc1OC)([c]1ccccc1OC)[c]1ccccc1OC. The van der Waals surface area contributed by atoms with E-state index in [4.69, 9.17) is 18.9 Å². The second-order valence-electron chi connectivity index (χ2n) is 7.70. The predicted molar refractivity (Wildman–Crippen MR) is 150 cm³/mol. The van der Waals surface area contributed by atoms with Crippen molar-refractivity contribution in [2.75, 3.05) is 28.4 Å². The van der Waals surface area contributed by atoms with Crippen molar-refractivity contribution in [3.8, 4) is 23.0 Å². The maximum absolute atomic E-state index is 6.03. The Morgan fingerprint density at radius 1 is 0.412 bits per heavy atom. The normalized spacial score (nSPS) is 12.3. The summed E-state index contributed by atoms with van der Waals surface area (Å²) in [5, 5.41) is 0. The van der Waals surface area contributed by atoms with Crippen LogP contribution in [0.3, 0.4) is 0 Å². The zero-order valence-corrected chi connectivity index (χ0v) is 25.3. The van der Waals surface area contributed by atoms with Crippen LogP contribution in [0.1, 0.15) is 0 Å². The first-order valence-electron chi connectivity index (χ1n) is 10.8. The third-order valence-corrected chi connectivity index (χ3v) is 44.2. The Kier molecular flexibility index (Phi) is 7.39. The van der Waals surface area contributed by atoms with Crippen molar-refractivity contribution in [3.63, 3.8) is 0 Å². The number of hydrogen-bond donors (Lipinski definition) is 0. The van der Waals surface area contributed by atoms with Crippen molar-refractivity contribution in [1.29, 1.82) is 0 Å². The molecule has 0 heterocycles. The monoisotopic (exact) mass is 764 g/mol. The molecule has 0 N–H and O–H groups in total. The van der Waals surface area contributed by atoms with Crippen LogP contribution in [0.25, 0.3) is 0 Å². The van der Waals surface area contributed by atoms with E-state index in [1.807, 2.05) is 48.5 Å². The summed E-state index contributed by atoms with van der Waals surface area (Å²) in [6.07, 6.45) is 0. The van der Waals surface area contributed by atoms with Crippen molar-refractivity contribution in [1.82, 2.24) is 0 Å². The van der Waals surface area contributed by atoms with E-state index in [0.717, 1.165) is 36.1 Å². The molecular formula is C28H28BiIO4. The molecule has 0 atom stereocenters. The summed E-state index contributed by atoms with van der Waals surface area (Å²) in [7, 11) is 6.90. The molecule has 4 nitrogen and oxygen atoms in total. The van der Waals surface area contributed by atoms with Crippen molar-refractivity contribution in [3.05, 3.63) is 97.1 Å². The van der Waals surface area contributed by atoms with Crippen molar-refractivity contribution < 1.29 is 18.9 Å². The quantitative estimate of drug-likeness (QED) is 0.201. The number of rotatable bonds is 8. The Balaban J connectivity index is 2.40. The van der Waals surface area contributed by atoms with Crippen LogP contribution >= 0.6 is 18.0 Å². The van der Waals surface area contributed by atoms with Gasteiger partial charge >= 0.3 is 213 Å². The van der Waals surface area contributed by atoms with E-state index in [2.05, 4.69) is 66.6 Å². The molecule has 0 aliphatic carbocycles. The Morgan fingerprint density at radius 3 is 0.824 bits per heavy atom. The molecule has 176 valence electrons. The van der Waals surface area contributed by atoms with Gasteiger partial charge in [-0.15, -0.1) is 0 Å². The van der Waals surface area contributed by atoms with Gasteiger partial charge in [-0.25, -0.2) is 0 Å². The first-order chi connectivity index (χ1) is 16.5. The predicted octanol–water partition coefficient (Wildman–Crippen LogP) is 3.98. The summed E-state index contributed by atoms with van der Waals surface area (Å²) < 4.78 is 28.6. The van der Waals surface area contributed by atoms with Gasteiger partial charge in [-0.3, -0.25) is 0 Å². The molecule has 0 saturated heterocycles. The zero-order valence-electron chi connectivity index (χ0n) is 19.7. The molecule has 0 amide bonds. The molecule has 0 fully saturated rings. The van der Waals surface area contributed by atoms with Crippen molar-refractivity contribution in [2.45, 2.75) is 0 Å². The van der Waals surface area contributed by atoms with E-state index >= 15 is 0 Å². The molecule has 34 heavy (non-hydrogen) atoms. The van der Waals surface area contributed by atoms with Gasteiger partial charge in [-0.1, -0.05) is 0 Å². The third kappa shape index (κ3) is 3.66. The summed E-state index contributed by atoms with van der Waals surface area (Å²) in [5.41, 5.74) is 0. The van der Waals surface area contributed by atoms with Crippen LogP contribution in [0.5, 0.6) is 23.0 Å². The number of methoxy groups -OCH3 is 4.